The van der Waals surface area contributed by atoms with E-state index in [-0.39, 0.29) is 22.9 Å². The van der Waals surface area contributed by atoms with E-state index >= 15 is 0 Å². The van der Waals surface area contributed by atoms with E-state index in [4.69, 9.17) is 16.3 Å². The molecule has 2 amide bonds. The Morgan fingerprint density at radius 1 is 1.12 bits per heavy atom. The predicted molar refractivity (Wildman–Crippen MR) is 93.1 cm³/mol. The number of ether oxygens (including phenoxy) is 2. The maximum atomic E-state index is 12.3. The van der Waals surface area contributed by atoms with Crippen molar-refractivity contribution in [2.45, 2.75) is 13.5 Å². The first kappa shape index (κ1) is 19.5. The van der Waals surface area contributed by atoms with Crippen LogP contribution in [0.3, 0.4) is 0 Å². The zero-order valence-corrected chi connectivity index (χ0v) is 14.3. The van der Waals surface area contributed by atoms with E-state index in [0.717, 1.165) is 0 Å². The lowest BCUT2D eigenvalue weighted by molar-refractivity contribution is -0.0497. The average molecular weight is 385 g/mol. The van der Waals surface area contributed by atoms with Crippen LogP contribution >= 0.6 is 11.6 Å². The summed E-state index contributed by atoms with van der Waals surface area (Å²) in [5.74, 6) is -0.670. The third-order valence-corrected chi connectivity index (χ3v) is 3.35. The Hall–Kier alpha value is -2.87. The number of hydrogen-bond donors (Lipinski definition) is 2. The second-order valence-corrected chi connectivity index (χ2v) is 5.31. The lowest BCUT2D eigenvalue weighted by atomic mass is 10.2. The molecule has 0 saturated carbocycles. The predicted octanol–water partition coefficient (Wildman–Crippen LogP) is 4.76. The molecule has 0 aliphatic heterocycles. The quantitative estimate of drug-likeness (QED) is 0.752. The van der Waals surface area contributed by atoms with Gasteiger partial charge in [-0.15, -0.1) is 0 Å². The number of carbonyl (C=O) groups is 2. The Morgan fingerprint density at radius 3 is 2.50 bits per heavy atom. The lowest BCUT2D eigenvalue weighted by Crippen LogP contribution is -2.15. The molecule has 0 aliphatic carbocycles. The molecule has 0 spiro atoms. The third-order valence-electron chi connectivity index (χ3n) is 3.05. The highest BCUT2D eigenvalue weighted by Crippen LogP contribution is 2.29. The van der Waals surface area contributed by atoms with Gasteiger partial charge in [-0.25, -0.2) is 4.79 Å². The Morgan fingerprint density at radius 2 is 1.85 bits per heavy atom. The minimum atomic E-state index is -3.00. The first-order valence-corrected chi connectivity index (χ1v) is 7.86. The molecule has 0 atom stereocenters. The van der Waals surface area contributed by atoms with Crippen LogP contribution in [0.4, 0.5) is 25.0 Å². The lowest BCUT2D eigenvalue weighted by Gasteiger charge is -2.10. The van der Waals surface area contributed by atoms with E-state index in [2.05, 4.69) is 15.4 Å². The monoisotopic (exact) mass is 384 g/mol. The normalized spacial score (nSPS) is 10.3. The van der Waals surface area contributed by atoms with Crippen molar-refractivity contribution in [2.75, 3.05) is 17.2 Å². The molecule has 2 aromatic carbocycles. The molecule has 0 aromatic heterocycles. The topological polar surface area (TPSA) is 76.7 Å². The number of carbonyl (C=O) groups excluding carboxylic acids is 2. The van der Waals surface area contributed by atoms with Crippen LogP contribution in [0, 0.1) is 0 Å². The van der Waals surface area contributed by atoms with Crippen LogP contribution in [-0.2, 0) is 4.74 Å². The van der Waals surface area contributed by atoms with Gasteiger partial charge in [0.2, 0.25) is 0 Å². The molecule has 0 heterocycles. The summed E-state index contributed by atoms with van der Waals surface area (Å²) in [6.45, 7) is -1.10. The molecule has 0 saturated heterocycles. The van der Waals surface area contributed by atoms with Crippen LogP contribution in [-0.4, -0.2) is 25.2 Å². The number of hydrogen-bond acceptors (Lipinski definition) is 4. The molecule has 0 fully saturated rings. The number of halogens is 3. The van der Waals surface area contributed by atoms with Crippen molar-refractivity contribution < 1.29 is 27.8 Å². The summed E-state index contributed by atoms with van der Waals surface area (Å²) in [6, 6.07) is 10.1. The van der Waals surface area contributed by atoms with Crippen LogP contribution in [0.1, 0.15) is 17.3 Å². The molecule has 2 rings (SSSR count). The van der Waals surface area contributed by atoms with Crippen LogP contribution in [0.25, 0.3) is 0 Å². The summed E-state index contributed by atoms with van der Waals surface area (Å²) >= 11 is 5.84. The molecule has 2 N–H and O–H groups in total. The molecular weight excluding hydrogens is 370 g/mol. The minimum Gasteiger partial charge on any atom is -0.450 e. The fourth-order valence-corrected chi connectivity index (χ4v) is 2.22. The summed E-state index contributed by atoms with van der Waals surface area (Å²) in [5.41, 5.74) is 0.948. The van der Waals surface area contributed by atoms with E-state index in [1.54, 1.807) is 25.1 Å². The van der Waals surface area contributed by atoms with E-state index in [9.17, 15) is 18.4 Å². The van der Waals surface area contributed by atoms with E-state index in [1.165, 1.54) is 24.3 Å². The number of rotatable bonds is 6. The van der Waals surface area contributed by atoms with Crippen molar-refractivity contribution in [3.05, 3.63) is 53.1 Å². The number of anilines is 2. The molecule has 0 radical (unpaired) electrons. The zero-order chi connectivity index (χ0) is 19.1. The van der Waals surface area contributed by atoms with Gasteiger partial charge in [-0.1, -0.05) is 17.7 Å². The number of amides is 2. The fourth-order valence-electron chi connectivity index (χ4n) is 2.00. The molecule has 138 valence electrons. The van der Waals surface area contributed by atoms with Crippen LogP contribution in [0.15, 0.2) is 42.5 Å². The molecular formula is C17H15ClF2N2O4. The third kappa shape index (κ3) is 5.59. The van der Waals surface area contributed by atoms with Gasteiger partial charge < -0.3 is 14.8 Å². The summed E-state index contributed by atoms with van der Waals surface area (Å²) in [6.07, 6.45) is -0.633. The van der Waals surface area contributed by atoms with Gasteiger partial charge >= 0.3 is 12.7 Å². The first-order chi connectivity index (χ1) is 12.4. The Balaban J connectivity index is 2.08. The summed E-state index contributed by atoms with van der Waals surface area (Å²) < 4.78 is 33.4. The van der Waals surface area contributed by atoms with Crippen molar-refractivity contribution >= 4 is 35.0 Å². The molecule has 6 nitrogen and oxygen atoms in total. The largest absolute Gasteiger partial charge is 0.450 e. The zero-order valence-electron chi connectivity index (χ0n) is 13.6. The molecule has 0 aliphatic rings. The van der Waals surface area contributed by atoms with Gasteiger partial charge in [0, 0.05) is 16.9 Å². The minimum absolute atomic E-state index is 0.0687. The number of benzene rings is 2. The molecule has 9 heteroatoms. The van der Waals surface area contributed by atoms with Gasteiger partial charge in [-0.05, 0) is 43.3 Å². The Kier molecular flexibility index (Phi) is 6.74. The van der Waals surface area contributed by atoms with Crippen LogP contribution in [0.2, 0.25) is 5.02 Å². The molecule has 2 aromatic rings. The SMILES string of the molecule is CCOC(=O)Nc1cccc(C(=O)Nc2ccc(OC(F)F)c(Cl)c2)c1. The summed E-state index contributed by atoms with van der Waals surface area (Å²) in [4.78, 5) is 23.7. The van der Waals surface area contributed by atoms with Gasteiger partial charge in [-0.2, -0.15) is 8.78 Å². The maximum absolute atomic E-state index is 12.3. The highest BCUT2D eigenvalue weighted by atomic mass is 35.5. The summed E-state index contributed by atoms with van der Waals surface area (Å²) in [7, 11) is 0. The van der Waals surface area contributed by atoms with Crippen molar-refractivity contribution in [3.63, 3.8) is 0 Å². The first-order valence-electron chi connectivity index (χ1n) is 7.48. The molecule has 0 bridgehead atoms. The van der Waals surface area contributed by atoms with E-state index in [1.807, 2.05) is 0 Å². The average Bonchev–Trinajstić information content (AvgIpc) is 2.57. The van der Waals surface area contributed by atoms with Gasteiger partial charge in [0.1, 0.15) is 5.75 Å². The number of alkyl halides is 2. The van der Waals surface area contributed by atoms with Crippen molar-refractivity contribution in [1.82, 2.24) is 0 Å². The standard InChI is InChI=1S/C17H15ClF2N2O4/c1-2-25-17(24)22-11-5-3-4-10(8-11)15(23)21-12-6-7-14(13(18)9-12)26-16(19)20/h3-9,16H,2H2,1H3,(H,21,23)(H,22,24). The smallest absolute Gasteiger partial charge is 0.411 e. The maximum Gasteiger partial charge on any atom is 0.411 e. The van der Waals surface area contributed by atoms with E-state index in [0.29, 0.717) is 11.4 Å². The number of nitrogens with one attached hydrogen (secondary N) is 2. The van der Waals surface area contributed by atoms with Crippen molar-refractivity contribution in [1.29, 1.82) is 0 Å². The van der Waals surface area contributed by atoms with Crippen LogP contribution < -0.4 is 15.4 Å². The van der Waals surface area contributed by atoms with Crippen molar-refractivity contribution in [2.24, 2.45) is 0 Å². The van der Waals surface area contributed by atoms with Gasteiger partial charge in [0.15, 0.2) is 0 Å². The Labute approximate surface area is 153 Å². The van der Waals surface area contributed by atoms with E-state index < -0.39 is 18.6 Å². The Bertz CT molecular complexity index is 802. The van der Waals surface area contributed by atoms with Gasteiger partial charge in [-0.3, -0.25) is 10.1 Å². The summed E-state index contributed by atoms with van der Waals surface area (Å²) in [5, 5.41) is 4.99. The second-order valence-electron chi connectivity index (χ2n) is 4.90. The van der Waals surface area contributed by atoms with Gasteiger partial charge in [0.05, 0.1) is 11.6 Å². The highest BCUT2D eigenvalue weighted by Gasteiger charge is 2.12. The second kappa shape index (κ2) is 9.00. The highest BCUT2D eigenvalue weighted by molar-refractivity contribution is 6.32. The van der Waals surface area contributed by atoms with Gasteiger partial charge in [0.25, 0.3) is 5.91 Å². The van der Waals surface area contributed by atoms with Crippen LogP contribution in [0.5, 0.6) is 5.75 Å². The molecule has 26 heavy (non-hydrogen) atoms. The van der Waals surface area contributed by atoms with Crippen molar-refractivity contribution in [3.8, 4) is 5.75 Å². The molecule has 0 unspecified atom stereocenters. The fraction of sp³-hybridized carbons (Fsp3) is 0.176.